The number of ether oxygens (including phenoxy) is 1. The van der Waals surface area contributed by atoms with Crippen molar-refractivity contribution in [1.29, 1.82) is 0 Å². The SMILES string of the molecule is O=C(CCC1CC(=O)c2c([nH]c(-c3ccncc3)c2Cc2ccccc2)C1)OCCF. The Bertz CT molecular complexity index is 1050. The third-order valence-electron chi connectivity index (χ3n) is 5.72. The fraction of sp³-hybridized carbons (Fsp3) is 0.320. The highest BCUT2D eigenvalue weighted by Gasteiger charge is 2.31. The summed E-state index contributed by atoms with van der Waals surface area (Å²) in [5.74, 6) is -0.248. The molecule has 0 spiro atoms. The average molecular weight is 420 g/mol. The van der Waals surface area contributed by atoms with Crippen LogP contribution >= 0.6 is 0 Å². The van der Waals surface area contributed by atoms with Crippen molar-refractivity contribution < 1.29 is 18.7 Å². The summed E-state index contributed by atoms with van der Waals surface area (Å²) in [5.41, 5.74) is 5.81. The Hall–Kier alpha value is -3.28. The van der Waals surface area contributed by atoms with Crippen molar-refractivity contribution in [1.82, 2.24) is 9.97 Å². The van der Waals surface area contributed by atoms with Crippen molar-refractivity contribution in [2.45, 2.75) is 32.1 Å². The number of benzene rings is 1. The van der Waals surface area contributed by atoms with Gasteiger partial charge in [0.2, 0.25) is 0 Å². The van der Waals surface area contributed by atoms with E-state index in [9.17, 15) is 14.0 Å². The Morgan fingerprint density at radius 2 is 1.90 bits per heavy atom. The average Bonchev–Trinajstić information content (AvgIpc) is 3.16. The number of rotatable bonds is 8. The molecule has 0 bridgehead atoms. The van der Waals surface area contributed by atoms with E-state index in [2.05, 4.69) is 22.1 Å². The van der Waals surface area contributed by atoms with Gasteiger partial charge in [-0.05, 0) is 42.0 Å². The molecule has 1 aromatic carbocycles. The van der Waals surface area contributed by atoms with E-state index in [0.29, 0.717) is 25.7 Å². The van der Waals surface area contributed by atoms with Gasteiger partial charge in [0.25, 0.3) is 0 Å². The number of carbonyl (C=O) groups is 2. The van der Waals surface area contributed by atoms with Crippen LogP contribution in [0.1, 0.15) is 46.4 Å². The summed E-state index contributed by atoms with van der Waals surface area (Å²) in [4.78, 5) is 32.5. The lowest BCUT2D eigenvalue weighted by Gasteiger charge is -2.21. The molecule has 31 heavy (non-hydrogen) atoms. The Morgan fingerprint density at radius 1 is 1.13 bits per heavy atom. The van der Waals surface area contributed by atoms with E-state index in [0.717, 1.165) is 33.6 Å². The lowest BCUT2D eigenvalue weighted by molar-refractivity contribution is -0.144. The molecule has 1 aliphatic carbocycles. The highest BCUT2D eigenvalue weighted by molar-refractivity contribution is 6.01. The van der Waals surface area contributed by atoms with Gasteiger partial charge >= 0.3 is 5.97 Å². The van der Waals surface area contributed by atoms with Crippen LogP contribution in [-0.2, 0) is 22.4 Å². The van der Waals surface area contributed by atoms with Crippen LogP contribution in [0.2, 0.25) is 0 Å². The lowest BCUT2D eigenvalue weighted by Crippen LogP contribution is -2.21. The number of Topliss-reactive ketones (excluding diaryl/α,β-unsaturated/α-hetero) is 1. The largest absolute Gasteiger partial charge is 0.463 e. The second-order valence-corrected chi connectivity index (χ2v) is 7.88. The summed E-state index contributed by atoms with van der Waals surface area (Å²) < 4.78 is 17.0. The van der Waals surface area contributed by atoms with E-state index >= 15 is 0 Å². The molecule has 4 rings (SSSR count). The number of hydrogen-bond acceptors (Lipinski definition) is 4. The molecule has 0 radical (unpaired) electrons. The normalized spacial score (nSPS) is 15.5. The molecular formula is C25H25FN2O3. The van der Waals surface area contributed by atoms with Crippen LogP contribution in [0.25, 0.3) is 11.3 Å². The molecular weight excluding hydrogens is 395 g/mol. The van der Waals surface area contributed by atoms with E-state index in [4.69, 9.17) is 4.74 Å². The maximum absolute atomic E-state index is 13.2. The first-order chi connectivity index (χ1) is 15.2. The molecule has 6 heteroatoms. The molecule has 0 amide bonds. The third-order valence-corrected chi connectivity index (χ3v) is 5.72. The second kappa shape index (κ2) is 9.69. The molecule has 1 N–H and O–H groups in total. The van der Waals surface area contributed by atoms with Gasteiger partial charge in [0.15, 0.2) is 5.78 Å². The topological polar surface area (TPSA) is 72.0 Å². The number of halogens is 1. The van der Waals surface area contributed by atoms with Gasteiger partial charge in [-0.15, -0.1) is 0 Å². The van der Waals surface area contributed by atoms with Crippen molar-refractivity contribution in [3.05, 3.63) is 77.2 Å². The number of nitrogens with one attached hydrogen (secondary N) is 1. The van der Waals surface area contributed by atoms with Crippen LogP contribution in [0, 0.1) is 5.92 Å². The maximum atomic E-state index is 13.2. The molecule has 1 aliphatic rings. The molecule has 2 aromatic heterocycles. The van der Waals surface area contributed by atoms with Gasteiger partial charge in [0, 0.05) is 48.5 Å². The van der Waals surface area contributed by atoms with Crippen LogP contribution in [0.4, 0.5) is 4.39 Å². The van der Waals surface area contributed by atoms with Gasteiger partial charge < -0.3 is 9.72 Å². The van der Waals surface area contributed by atoms with Crippen LogP contribution in [0.5, 0.6) is 0 Å². The molecule has 3 aromatic rings. The predicted octanol–water partition coefficient (Wildman–Crippen LogP) is 4.71. The highest BCUT2D eigenvalue weighted by Crippen LogP contribution is 2.37. The van der Waals surface area contributed by atoms with E-state index in [1.807, 2.05) is 30.3 Å². The number of esters is 1. The van der Waals surface area contributed by atoms with Crippen molar-refractivity contribution in [3.63, 3.8) is 0 Å². The molecule has 160 valence electrons. The number of aromatic nitrogens is 2. The zero-order valence-corrected chi connectivity index (χ0v) is 17.3. The molecule has 0 aliphatic heterocycles. The zero-order chi connectivity index (χ0) is 21.6. The first-order valence-electron chi connectivity index (χ1n) is 10.6. The van der Waals surface area contributed by atoms with Gasteiger partial charge in [-0.1, -0.05) is 30.3 Å². The maximum Gasteiger partial charge on any atom is 0.305 e. The summed E-state index contributed by atoms with van der Waals surface area (Å²) >= 11 is 0. The van der Waals surface area contributed by atoms with Crippen LogP contribution < -0.4 is 0 Å². The smallest absolute Gasteiger partial charge is 0.305 e. The third kappa shape index (κ3) is 4.90. The molecule has 0 saturated carbocycles. The molecule has 1 atom stereocenters. The Balaban J connectivity index is 1.61. The quantitative estimate of drug-likeness (QED) is 0.536. The monoisotopic (exact) mass is 420 g/mol. The number of alkyl halides is 1. The van der Waals surface area contributed by atoms with E-state index in [1.54, 1.807) is 12.4 Å². The number of aromatic amines is 1. The summed E-state index contributed by atoms with van der Waals surface area (Å²) in [7, 11) is 0. The minimum Gasteiger partial charge on any atom is -0.463 e. The fourth-order valence-corrected chi connectivity index (χ4v) is 4.30. The number of nitrogens with zero attached hydrogens (tertiary/aromatic N) is 1. The summed E-state index contributed by atoms with van der Waals surface area (Å²) in [6.07, 6.45) is 6.00. The predicted molar refractivity (Wildman–Crippen MR) is 116 cm³/mol. The molecule has 2 heterocycles. The highest BCUT2D eigenvalue weighted by atomic mass is 19.1. The molecule has 1 unspecified atom stereocenters. The minimum atomic E-state index is -0.679. The van der Waals surface area contributed by atoms with Crippen molar-refractivity contribution >= 4 is 11.8 Å². The fourth-order valence-electron chi connectivity index (χ4n) is 4.30. The summed E-state index contributed by atoms with van der Waals surface area (Å²) in [6.45, 7) is -0.886. The lowest BCUT2D eigenvalue weighted by atomic mass is 9.82. The zero-order valence-electron chi connectivity index (χ0n) is 17.3. The minimum absolute atomic E-state index is 0.0615. The van der Waals surface area contributed by atoms with Crippen LogP contribution in [-0.4, -0.2) is 35.0 Å². The number of hydrogen-bond donors (Lipinski definition) is 1. The van der Waals surface area contributed by atoms with Gasteiger partial charge in [0.05, 0.1) is 5.69 Å². The number of carbonyl (C=O) groups excluding carboxylic acids is 2. The Morgan fingerprint density at radius 3 is 2.65 bits per heavy atom. The number of pyridine rings is 1. The number of fused-ring (bicyclic) bond motifs is 1. The first kappa shape index (κ1) is 21.0. The van der Waals surface area contributed by atoms with Crippen molar-refractivity contribution in [2.24, 2.45) is 5.92 Å². The van der Waals surface area contributed by atoms with E-state index in [-0.39, 0.29) is 24.7 Å². The van der Waals surface area contributed by atoms with Crippen molar-refractivity contribution in [3.8, 4) is 11.3 Å². The number of ketones is 1. The first-order valence-corrected chi connectivity index (χ1v) is 10.6. The second-order valence-electron chi connectivity index (χ2n) is 7.88. The number of H-pyrrole nitrogens is 1. The van der Waals surface area contributed by atoms with Crippen molar-refractivity contribution in [2.75, 3.05) is 13.3 Å². The van der Waals surface area contributed by atoms with Gasteiger partial charge in [-0.25, -0.2) is 4.39 Å². The van der Waals surface area contributed by atoms with E-state index < -0.39 is 12.6 Å². The van der Waals surface area contributed by atoms with Crippen LogP contribution in [0.3, 0.4) is 0 Å². The van der Waals surface area contributed by atoms with Gasteiger partial charge in [0.1, 0.15) is 13.3 Å². The Labute approximate surface area is 180 Å². The molecule has 5 nitrogen and oxygen atoms in total. The molecule has 0 saturated heterocycles. The summed E-state index contributed by atoms with van der Waals surface area (Å²) in [6, 6.07) is 14.0. The van der Waals surface area contributed by atoms with Gasteiger partial charge in [-0.2, -0.15) is 0 Å². The standard InChI is InChI=1S/C25H25FN2O3/c26-10-13-31-23(30)7-6-18-15-21-24(22(29)16-18)20(14-17-4-2-1-3-5-17)25(28-21)19-8-11-27-12-9-19/h1-5,8-9,11-12,18,28H,6-7,10,13-16H2. The van der Waals surface area contributed by atoms with Gasteiger partial charge in [-0.3, -0.25) is 14.6 Å². The van der Waals surface area contributed by atoms with Crippen LogP contribution in [0.15, 0.2) is 54.9 Å². The summed E-state index contributed by atoms with van der Waals surface area (Å²) in [5, 5.41) is 0. The Kier molecular flexibility index (Phi) is 6.55. The molecule has 0 fully saturated rings. The van der Waals surface area contributed by atoms with E-state index in [1.165, 1.54) is 0 Å².